The average molecular weight is 694 g/mol. The van der Waals surface area contributed by atoms with Gasteiger partial charge in [-0.1, -0.05) is 12.1 Å². The van der Waals surface area contributed by atoms with E-state index in [1.165, 1.54) is 34.1 Å². The number of piperazine rings is 1. The molecule has 1 saturated heterocycles. The summed E-state index contributed by atoms with van der Waals surface area (Å²) < 4.78 is 31.7. The van der Waals surface area contributed by atoms with Crippen LogP contribution in [0.4, 0.5) is 18.9 Å². The number of guanidine groups is 1. The van der Waals surface area contributed by atoms with Crippen molar-refractivity contribution >= 4 is 53.0 Å². The second-order valence-corrected chi connectivity index (χ2v) is 10.2. The highest BCUT2D eigenvalue weighted by atomic mass is 19.4. The first kappa shape index (κ1) is 39.0. The summed E-state index contributed by atoms with van der Waals surface area (Å²) in [7, 11) is 0. The van der Waals surface area contributed by atoms with E-state index in [9.17, 15) is 42.3 Å². The summed E-state index contributed by atoms with van der Waals surface area (Å²) in [5.41, 5.74) is 17.7. The highest BCUT2D eigenvalue weighted by Gasteiger charge is 2.39. The van der Waals surface area contributed by atoms with Gasteiger partial charge in [-0.05, 0) is 49.2 Å². The molecule has 17 nitrogen and oxygen atoms in total. The number of hydrogen-bond acceptors (Lipinski definition) is 8. The van der Waals surface area contributed by atoms with E-state index >= 15 is 0 Å². The molecule has 2 aromatic carbocycles. The van der Waals surface area contributed by atoms with E-state index in [0.29, 0.717) is 23.2 Å². The molecule has 2 aromatic rings. The lowest BCUT2D eigenvalue weighted by Gasteiger charge is -2.40. The molecule has 0 saturated carbocycles. The zero-order valence-corrected chi connectivity index (χ0v) is 25.7. The molecule has 0 aromatic heterocycles. The van der Waals surface area contributed by atoms with Crippen LogP contribution in [0.3, 0.4) is 0 Å². The minimum absolute atomic E-state index is 0.0282. The van der Waals surface area contributed by atoms with Gasteiger partial charge in [-0.25, -0.2) is 9.79 Å². The summed E-state index contributed by atoms with van der Waals surface area (Å²) in [6, 6.07) is 11.3. The van der Waals surface area contributed by atoms with Crippen LogP contribution in [0.1, 0.15) is 39.1 Å². The number of carbonyl (C=O) groups excluding carboxylic acids is 4. The molecular weight excluding hydrogens is 659 g/mol. The summed E-state index contributed by atoms with van der Waals surface area (Å²) >= 11 is 0. The molecule has 4 amide bonds. The van der Waals surface area contributed by atoms with E-state index in [0.717, 1.165) is 0 Å². The summed E-state index contributed by atoms with van der Waals surface area (Å²) in [5, 5.41) is 29.0. The van der Waals surface area contributed by atoms with E-state index in [4.69, 9.17) is 32.5 Å². The second-order valence-electron chi connectivity index (χ2n) is 10.2. The Balaban J connectivity index is 0.00000107. The lowest BCUT2D eigenvalue weighted by molar-refractivity contribution is -0.192. The molecule has 1 heterocycles. The van der Waals surface area contributed by atoms with Gasteiger partial charge < -0.3 is 47.8 Å². The highest BCUT2D eigenvalue weighted by molar-refractivity contribution is 6.00. The molecule has 3 rings (SSSR count). The van der Waals surface area contributed by atoms with Crippen molar-refractivity contribution in [3.05, 3.63) is 65.2 Å². The molecular formula is C29H34F3N9O8. The van der Waals surface area contributed by atoms with Gasteiger partial charge in [0.1, 0.15) is 18.4 Å². The van der Waals surface area contributed by atoms with Gasteiger partial charge in [0.2, 0.25) is 11.8 Å². The fraction of sp³-hybridized carbons (Fsp3) is 0.310. The lowest BCUT2D eigenvalue weighted by atomic mass is 10.0. The monoisotopic (exact) mass is 693 g/mol. The van der Waals surface area contributed by atoms with Crippen LogP contribution in [0.2, 0.25) is 0 Å². The van der Waals surface area contributed by atoms with Gasteiger partial charge in [-0.3, -0.25) is 29.4 Å². The first-order valence-electron chi connectivity index (χ1n) is 14.2. The zero-order chi connectivity index (χ0) is 36.9. The number of carboxylic acid groups (broad SMARTS) is 2. The van der Waals surface area contributed by atoms with E-state index in [1.807, 2.05) is 0 Å². The first-order valence-corrected chi connectivity index (χ1v) is 14.2. The summed E-state index contributed by atoms with van der Waals surface area (Å²) in [4.78, 5) is 77.7. The Morgan fingerprint density at radius 1 is 0.878 bits per heavy atom. The number of nitrogens with one attached hydrogen (secondary N) is 3. The van der Waals surface area contributed by atoms with E-state index in [-0.39, 0.29) is 55.9 Å². The normalized spacial score (nSPS) is 14.1. The fourth-order valence-corrected chi connectivity index (χ4v) is 4.33. The van der Waals surface area contributed by atoms with Gasteiger partial charge in [-0.2, -0.15) is 13.2 Å². The van der Waals surface area contributed by atoms with Crippen LogP contribution in [0, 0.1) is 5.41 Å². The summed E-state index contributed by atoms with van der Waals surface area (Å²) in [5.74, 6) is -6.11. The molecule has 264 valence electrons. The first-order chi connectivity index (χ1) is 22.9. The average Bonchev–Trinajstić information content (AvgIpc) is 3.03. The second kappa shape index (κ2) is 17.6. The van der Waals surface area contributed by atoms with Crippen molar-refractivity contribution < 1.29 is 52.2 Å². The van der Waals surface area contributed by atoms with E-state index in [2.05, 4.69) is 15.6 Å². The SMILES string of the molecule is N=C(N)c1ccc(C(=O)NCC(=O)N2CCN(CC(=O)O)C(=O)[C@@H]2CCCNC(=O)c2ccc(N=C(N)N)cc2)cc1.O=C(O)C(F)(F)F. The number of nitrogen functional groups attached to an aromatic ring is 1. The molecule has 20 heteroatoms. The molecule has 0 radical (unpaired) electrons. The van der Waals surface area contributed by atoms with Crippen LogP contribution in [0.5, 0.6) is 0 Å². The largest absolute Gasteiger partial charge is 0.490 e. The zero-order valence-electron chi connectivity index (χ0n) is 25.7. The Labute approximate surface area is 276 Å². The summed E-state index contributed by atoms with van der Waals surface area (Å²) in [6.07, 6.45) is -4.61. The lowest BCUT2D eigenvalue weighted by Crippen LogP contribution is -2.60. The molecule has 0 spiro atoms. The number of rotatable bonds is 12. The van der Waals surface area contributed by atoms with Gasteiger partial charge in [0.25, 0.3) is 11.8 Å². The molecule has 11 N–H and O–H groups in total. The number of nitrogens with zero attached hydrogens (tertiary/aromatic N) is 3. The number of benzene rings is 2. The van der Waals surface area contributed by atoms with Crippen LogP contribution in [-0.4, -0.2) is 112 Å². The number of hydrogen-bond donors (Lipinski definition) is 8. The van der Waals surface area contributed by atoms with E-state index in [1.54, 1.807) is 24.3 Å². The number of aliphatic imine (C=N–C) groups is 1. The molecule has 1 fully saturated rings. The predicted molar refractivity (Wildman–Crippen MR) is 167 cm³/mol. The van der Waals surface area contributed by atoms with Crippen molar-refractivity contribution in [2.24, 2.45) is 22.2 Å². The summed E-state index contributed by atoms with van der Waals surface area (Å²) in [6.45, 7) is -0.591. The molecule has 1 aliphatic heterocycles. The van der Waals surface area contributed by atoms with Gasteiger partial charge in [0, 0.05) is 36.3 Å². The maximum atomic E-state index is 13.1. The van der Waals surface area contributed by atoms with Crippen molar-refractivity contribution in [2.45, 2.75) is 25.1 Å². The number of amidine groups is 1. The molecule has 0 unspecified atom stereocenters. The number of carbonyl (C=O) groups is 6. The van der Waals surface area contributed by atoms with Crippen LogP contribution < -0.4 is 27.8 Å². The number of carboxylic acids is 2. The van der Waals surface area contributed by atoms with Crippen molar-refractivity contribution in [1.82, 2.24) is 20.4 Å². The number of halogens is 3. The smallest absolute Gasteiger partial charge is 0.480 e. The Bertz CT molecular complexity index is 1580. The van der Waals surface area contributed by atoms with Crippen LogP contribution in [0.15, 0.2) is 53.5 Å². The number of aliphatic carboxylic acids is 2. The van der Waals surface area contributed by atoms with Gasteiger partial charge in [-0.15, -0.1) is 0 Å². The standard InChI is InChI=1S/C27H33N9O6.C2HF3O2/c28-23(29)16-3-5-17(6-4-16)25(41)33-14-21(37)36-13-12-35(15-22(38)39)26(42)20(36)2-1-11-32-24(40)18-7-9-19(10-8-18)34-27(30)31;3-2(4,5)1(6)7/h3-10,20H,1-2,11-15H2,(H3,28,29)(H,32,40)(H,33,41)(H,38,39)(H4,30,31,34);(H,6,7)/t20-;/m0./s1. The van der Waals surface area contributed by atoms with E-state index < -0.39 is 48.4 Å². The third-order valence-electron chi connectivity index (χ3n) is 6.66. The van der Waals surface area contributed by atoms with Gasteiger partial charge >= 0.3 is 18.1 Å². The number of alkyl halides is 3. The minimum atomic E-state index is -5.08. The molecule has 1 aliphatic rings. The van der Waals surface area contributed by atoms with Crippen molar-refractivity contribution in [2.75, 3.05) is 32.7 Å². The molecule has 0 aliphatic carbocycles. The maximum Gasteiger partial charge on any atom is 0.490 e. The molecule has 49 heavy (non-hydrogen) atoms. The number of amides is 4. The quantitative estimate of drug-likeness (QED) is 0.0802. The Kier molecular flexibility index (Phi) is 14.0. The van der Waals surface area contributed by atoms with Crippen LogP contribution in [-0.2, 0) is 19.2 Å². The van der Waals surface area contributed by atoms with Crippen molar-refractivity contribution in [1.29, 1.82) is 5.41 Å². The Hall–Kier alpha value is -6.21. The van der Waals surface area contributed by atoms with Gasteiger partial charge in [0.15, 0.2) is 5.96 Å². The molecule has 1 atom stereocenters. The van der Waals surface area contributed by atoms with Crippen LogP contribution >= 0.6 is 0 Å². The Morgan fingerprint density at radius 2 is 1.39 bits per heavy atom. The highest BCUT2D eigenvalue weighted by Crippen LogP contribution is 2.17. The van der Waals surface area contributed by atoms with Crippen LogP contribution in [0.25, 0.3) is 0 Å². The topological polar surface area (TPSA) is 288 Å². The predicted octanol–water partition coefficient (Wildman–Crippen LogP) is -0.427. The van der Waals surface area contributed by atoms with Gasteiger partial charge in [0.05, 0.1) is 12.2 Å². The third-order valence-corrected chi connectivity index (χ3v) is 6.66. The van der Waals surface area contributed by atoms with Crippen molar-refractivity contribution in [3.8, 4) is 0 Å². The fourth-order valence-electron chi connectivity index (χ4n) is 4.33. The number of nitrogens with two attached hydrogens (primary N) is 3. The molecule has 0 bridgehead atoms. The van der Waals surface area contributed by atoms with Crippen molar-refractivity contribution in [3.63, 3.8) is 0 Å². The third kappa shape index (κ3) is 12.5. The maximum absolute atomic E-state index is 13.1. The Morgan fingerprint density at radius 3 is 1.88 bits per heavy atom. The minimum Gasteiger partial charge on any atom is -0.480 e.